The lowest BCUT2D eigenvalue weighted by Crippen LogP contribution is -2.21. The van der Waals surface area contributed by atoms with Crippen molar-refractivity contribution in [2.75, 3.05) is 11.1 Å². The van der Waals surface area contributed by atoms with E-state index in [4.69, 9.17) is 5.73 Å². The van der Waals surface area contributed by atoms with Gasteiger partial charge >= 0.3 is 0 Å². The van der Waals surface area contributed by atoms with Crippen molar-refractivity contribution in [2.24, 2.45) is 0 Å². The monoisotopic (exact) mass is 314 g/mol. The predicted molar refractivity (Wildman–Crippen MR) is 80.1 cm³/mol. The number of tetrazole rings is 1. The third kappa shape index (κ3) is 3.00. The topological polar surface area (TPSA) is 138 Å². The first-order valence-corrected chi connectivity index (χ1v) is 6.76. The Morgan fingerprint density at radius 1 is 1.35 bits per heavy atom. The molecule has 3 aromatic rings. The van der Waals surface area contributed by atoms with Gasteiger partial charge in [-0.1, -0.05) is 17.7 Å². The minimum absolute atomic E-state index is 0.0517. The van der Waals surface area contributed by atoms with E-state index < -0.39 is 0 Å². The second kappa shape index (κ2) is 5.83. The second-order valence-electron chi connectivity index (χ2n) is 5.02. The number of anilines is 2. The van der Waals surface area contributed by atoms with Gasteiger partial charge in [-0.2, -0.15) is 0 Å². The Morgan fingerprint density at radius 3 is 2.87 bits per heavy atom. The summed E-state index contributed by atoms with van der Waals surface area (Å²) in [6.45, 7) is 3.82. The molecule has 0 fully saturated rings. The fraction of sp³-hybridized carbons (Fsp3) is 0.231. The number of hydrogen-bond donors (Lipinski definition) is 2. The van der Waals surface area contributed by atoms with Crippen molar-refractivity contribution < 1.29 is 9.42 Å². The molecule has 23 heavy (non-hydrogen) atoms. The molecule has 0 saturated heterocycles. The first-order valence-electron chi connectivity index (χ1n) is 6.76. The van der Waals surface area contributed by atoms with Gasteiger partial charge in [0.15, 0.2) is 11.5 Å². The number of nitrogens with two attached hydrogens (primary N) is 1. The van der Waals surface area contributed by atoms with Crippen molar-refractivity contribution in [3.05, 3.63) is 29.3 Å². The van der Waals surface area contributed by atoms with Gasteiger partial charge in [0.25, 0.3) is 0 Å². The largest absolute Gasteiger partial charge is 0.379 e. The van der Waals surface area contributed by atoms with Crippen molar-refractivity contribution >= 4 is 17.4 Å². The standard InChI is InChI=1S/C13H14N8O2/c1-7-3-4-9(8(2)5-7)15-10(22)6-21-13(16-19-20-21)11-12(14)18-23-17-11/h3-5H,6H2,1-2H3,(H2,14,18)(H,15,22). The van der Waals surface area contributed by atoms with E-state index in [0.717, 1.165) is 16.8 Å². The van der Waals surface area contributed by atoms with Crippen LogP contribution >= 0.6 is 0 Å². The van der Waals surface area contributed by atoms with Crippen molar-refractivity contribution in [3.8, 4) is 11.5 Å². The summed E-state index contributed by atoms with van der Waals surface area (Å²) in [5.41, 5.74) is 8.63. The third-order valence-electron chi connectivity index (χ3n) is 3.21. The van der Waals surface area contributed by atoms with Crippen LogP contribution in [0, 0.1) is 13.8 Å². The minimum atomic E-state index is -0.277. The first kappa shape index (κ1) is 14.6. The highest BCUT2D eigenvalue weighted by atomic mass is 16.6. The summed E-state index contributed by atoms with van der Waals surface area (Å²) in [6.07, 6.45) is 0. The summed E-state index contributed by atoms with van der Waals surface area (Å²) in [4.78, 5) is 12.2. The van der Waals surface area contributed by atoms with Crippen LogP contribution in [0.1, 0.15) is 11.1 Å². The molecule has 0 aliphatic rings. The van der Waals surface area contributed by atoms with E-state index in [1.807, 2.05) is 32.0 Å². The highest BCUT2D eigenvalue weighted by Gasteiger charge is 2.19. The summed E-state index contributed by atoms with van der Waals surface area (Å²) in [7, 11) is 0. The molecule has 0 aliphatic carbocycles. The van der Waals surface area contributed by atoms with Gasteiger partial charge in [-0.05, 0) is 46.2 Å². The fourth-order valence-electron chi connectivity index (χ4n) is 2.11. The highest BCUT2D eigenvalue weighted by Crippen LogP contribution is 2.19. The highest BCUT2D eigenvalue weighted by molar-refractivity contribution is 5.91. The number of benzene rings is 1. The molecule has 0 bridgehead atoms. The average Bonchev–Trinajstić information content (AvgIpc) is 3.10. The number of aromatic nitrogens is 6. The number of nitrogens with zero attached hydrogens (tertiary/aromatic N) is 6. The van der Waals surface area contributed by atoms with Gasteiger partial charge in [0, 0.05) is 5.69 Å². The first-order chi connectivity index (χ1) is 11.0. The average molecular weight is 314 g/mol. The molecule has 0 aliphatic heterocycles. The number of carbonyl (C=O) groups excluding carboxylic acids is 1. The molecule has 1 aromatic carbocycles. The predicted octanol–water partition coefficient (Wildman–Crippen LogP) is 0.561. The van der Waals surface area contributed by atoms with Gasteiger partial charge in [0.2, 0.25) is 11.7 Å². The Morgan fingerprint density at radius 2 is 2.17 bits per heavy atom. The summed E-state index contributed by atoms with van der Waals surface area (Å²) < 4.78 is 5.79. The van der Waals surface area contributed by atoms with Gasteiger partial charge in [-0.3, -0.25) is 4.79 Å². The van der Waals surface area contributed by atoms with E-state index in [-0.39, 0.29) is 29.8 Å². The normalized spacial score (nSPS) is 10.7. The van der Waals surface area contributed by atoms with Crippen LogP contribution in [0.4, 0.5) is 11.5 Å². The Balaban J connectivity index is 1.77. The summed E-state index contributed by atoms with van der Waals surface area (Å²) >= 11 is 0. The Hall–Kier alpha value is -3.30. The van der Waals surface area contributed by atoms with E-state index in [9.17, 15) is 4.79 Å². The zero-order chi connectivity index (χ0) is 16.4. The van der Waals surface area contributed by atoms with Gasteiger partial charge in [0.05, 0.1) is 0 Å². The van der Waals surface area contributed by atoms with Gasteiger partial charge in [0.1, 0.15) is 6.54 Å². The van der Waals surface area contributed by atoms with Crippen LogP contribution in [0.3, 0.4) is 0 Å². The van der Waals surface area contributed by atoms with Crippen LogP contribution in [-0.2, 0) is 11.3 Å². The molecule has 0 unspecified atom stereocenters. The number of nitrogen functional groups attached to an aromatic ring is 1. The van der Waals surface area contributed by atoms with Crippen molar-refractivity contribution in [1.82, 2.24) is 30.5 Å². The lowest BCUT2D eigenvalue weighted by molar-refractivity contribution is -0.116. The Labute approximate surface area is 130 Å². The second-order valence-corrected chi connectivity index (χ2v) is 5.02. The van der Waals surface area contributed by atoms with E-state index >= 15 is 0 Å². The lowest BCUT2D eigenvalue weighted by Gasteiger charge is -2.09. The number of carbonyl (C=O) groups is 1. The molecule has 0 saturated carbocycles. The maximum atomic E-state index is 12.2. The summed E-state index contributed by atoms with van der Waals surface area (Å²) in [6, 6.07) is 5.76. The van der Waals surface area contributed by atoms with Crippen LogP contribution in [0.15, 0.2) is 22.8 Å². The van der Waals surface area contributed by atoms with E-state index in [0.29, 0.717) is 0 Å². The summed E-state index contributed by atoms with van der Waals surface area (Å²) in [5.74, 6) is -0.0177. The molecule has 3 N–H and O–H groups in total. The molecule has 2 heterocycles. The molecule has 0 radical (unpaired) electrons. The van der Waals surface area contributed by atoms with Gasteiger partial charge in [-0.15, -0.1) is 5.10 Å². The maximum Gasteiger partial charge on any atom is 0.246 e. The number of amides is 1. The van der Waals surface area contributed by atoms with Gasteiger partial charge in [-0.25, -0.2) is 9.31 Å². The molecular weight excluding hydrogens is 300 g/mol. The van der Waals surface area contributed by atoms with Crippen LogP contribution in [-0.4, -0.2) is 36.4 Å². The molecule has 1 amide bonds. The number of hydrogen-bond acceptors (Lipinski definition) is 8. The number of aryl methyl sites for hydroxylation is 2. The Kier molecular flexibility index (Phi) is 3.71. The van der Waals surface area contributed by atoms with Crippen LogP contribution in [0.25, 0.3) is 11.5 Å². The quantitative estimate of drug-likeness (QED) is 0.712. The fourth-order valence-corrected chi connectivity index (χ4v) is 2.11. The molecule has 2 aromatic heterocycles. The number of nitrogens with one attached hydrogen (secondary N) is 1. The molecule has 10 nitrogen and oxygen atoms in total. The van der Waals surface area contributed by atoms with Crippen LogP contribution < -0.4 is 11.1 Å². The van der Waals surface area contributed by atoms with E-state index in [1.165, 1.54) is 4.68 Å². The summed E-state index contributed by atoms with van der Waals surface area (Å²) in [5, 5.41) is 21.0. The van der Waals surface area contributed by atoms with E-state index in [2.05, 4.69) is 35.8 Å². The lowest BCUT2D eigenvalue weighted by atomic mass is 10.1. The Bertz CT molecular complexity index is 853. The van der Waals surface area contributed by atoms with Crippen LogP contribution in [0.5, 0.6) is 0 Å². The smallest absolute Gasteiger partial charge is 0.246 e. The third-order valence-corrected chi connectivity index (χ3v) is 3.21. The molecule has 0 atom stereocenters. The van der Waals surface area contributed by atoms with Crippen molar-refractivity contribution in [3.63, 3.8) is 0 Å². The maximum absolute atomic E-state index is 12.2. The van der Waals surface area contributed by atoms with Crippen LogP contribution in [0.2, 0.25) is 0 Å². The zero-order valence-electron chi connectivity index (χ0n) is 12.5. The molecule has 10 heteroatoms. The SMILES string of the molecule is Cc1ccc(NC(=O)Cn2nnnc2-c2nonc2N)c(C)c1. The van der Waals surface area contributed by atoms with Crippen molar-refractivity contribution in [1.29, 1.82) is 0 Å². The molecular formula is C13H14N8O2. The zero-order valence-corrected chi connectivity index (χ0v) is 12.5. The molecule has 0 spiro atoms. The minimum Gasteiger partial charge on any atom is -0.379 e. The number of rotatable bonds is 4. The van der Waals surface area contributed by atoms with Gasteiger partial charge < -0.3 is 11.1 Å². The van der Waals surface area contributed by atoms with Crippen molar-refractivity contribution in [2.45, 2.75) is 20.4 Å². The molecule has 118 valence electrons. The van der Waals surface area contributed by atoms with E-state index in [1.54, 1.807) is 0 Å². The molecule has 3 rings (SSSR count).